The minimum atomic E-state index is -0.253. The zero-order chi connectivity index (χ0) is 15.2. The van der Waals surface area contributed by atoms with Gasteiger partial charge in [0.15, 0.2) is 5.79 Å². The number of aliphatic hydroxyl groups excluding tert-OH is 1. The monoisotopic (exact) mass is 300 g/mol. The zero-order valence-electron chi connectivity index (χ0n) is 14.1. The van der Waals surface area contributed by atoms with Crippen LogP contribution < -0.4 is 0 Å². The third-order valence-corrected chi connectivity index (χ3v) is 4.44. The molecular weight excluding hydrogens is 264 g/mol. The van der Waals surface area contributed by atoms with Gasteiger partial charge < -0.3 is 14.6 Å². The van der Waals surface area contributed by atoms with E-state index in [9.17, 15) is 0 Å². The Bertz CT molecular complexity index is 225. The van der Waals surface area contributed by atoms with E-state index in [0.717, 1.165) is 38.9 Å². The summed E-state index contributed by atoms with van der Waals surface area (Å²) in [6, 6.07) is 0. The molecule has 0 spiro atoms. The van der Waals surface area contributed by atoms with E-state index < -0.39 is 0 Å². The molecule has 21 heavy (non-hydrogen) atoms. The van der Waals surface area contributed by atoms with Gasteiger partial charge in [-0.3, -0.25) is 0 Å². The van der Waals surface area contributed by atoms with Gasteiger partial charge in [0.2, 0.25) is 0 Å². The Balaban J connectivity index is 2.08. The first-order valence-corrected chi connectivity index (χ1v) is 9.22. The smallest absolute Gasteiger partial charge is 0.168 e. The average Bonchev–Trinajstić information content (AvgIpc) is 2.95. The molecule has 126 valence electrons. The number of hydrogen-bond acceptors (Lipinski definition) is 3. The van der Waals surface area contributed by atoms with Gasteiger partial charge in [-0.05, 0) is 19.3 Å². The molecule has 0 amide bonds. The minimum Gasteiger partial charge on any atom is -0.396 e. The molecule has 3 heteroatoms. The number of hydrogen-bond donors (Lipinski definition) is 1. The van der Waals surface area contributed by atoms with Crippen LogP contribution in [0.1, 0.15) is 90.4 Å². The molecule has 1 fully saturated rings. The van der Waals surface area contributed by atoms with Gasteiger partial charge in [-0.1, -0.05) is 58.3 Å². The van der Waals surface area contributed by atoms with Gasteiger partial charge in [0.1, 0.15) is 0 Å². The van der Waals surface area contributed by atoms with Crippen molar-refractivity contribution in [2.75, 3.05) is 19.8 Å². The third-order valence-electron chi connectivity index (χ3n) is 4.44. The van der Waals surface area contributed by atoms with Crippen molar-refractivity contribution in [3.05, 3.63) is 0 Å². The van der Waals surface area contributed by atoms with Crippen molar-refractivity contribution in [1.29, 1.82) is 0 Å². The number of ether oxygens (including phenoxy) is 2. The molecule has 0 unspecified atom stereocenters. The highest BCUT2D eigenvalue weighted by Gasteiger charge is 2.34. The summed E-state index contributed by atoms with van der Waals surface area (Å²) in [6.45, 7) is 4.13. The summed E-state index contributed by atoms with van der Waals surface area (Å²) in [7, 11) is 0. The SMILES string of the molecule is CCCCCCCC1(CCCCCCCCO)OCCO1. The summed E-state index contributed by atoms with van der Waals surface area (Å²) in [5, 5.41) is 8.75. The van der Waals surface area contributed by atoms with E-state index in [1.165, 1.54) is 57.8 Å². The van der Waals surface area contributed by atoms with Gasteiger partial charge in [0.25, 0.3) is 0 Å². The molecule has 1 aliphatic rings. The van der Waals surface area contributed by atoms with E-state index in [0.29, 0.717) is 6.61 Å². The Hall–Kier alpha value is -0.120. The lowest BCUT2D eigenvalue weighted by Crippen LogP contribution is -2.30. The molecule has 0 atom stereocenters. The molecule has 1 saturated heterocycles. The maximum Gasteiger partial charge on any atom is 0.168 e. The number of unbranched alkanes of at least 4 members (excludes halogenated alkanes) is 9. The van der Waals surface area contributed by atoms with Gasteiger partial charge in [-0.25, -0.2) is 0 Å². The highest BCUT2D eigenvalue weighted by molar-refractivity contribution is 4.74. The third kappa shape index (κ3) is 8.80. The van der Waals surface area contributed by atoms with E-state index in [-0.39, 0.29) is 5.79 Å². The van der Waals surface area contributed by atoms with Crippen molar-refractivity contribution < 1.29 is 14.6 Å². The molecule has 1 rings (SSSR count). The Morgan fingerprint density at radius 1 is 0.714 bits per heavy atom. The lowest BCUT2D eigenvalue weighted by atomic mass is 9.99. The first-order valence-electron chi connectivity index (χ1n) is 9.22. The zero-order valence-corrected chi connectivity index (χ0v) is 14.1. The predicted octanol–water partition coefficient (Wildman–Crippen LogP) is 4.81. The normalized spacial score (nSPS) is 17.4. The van der Waals surface area contributed by atoms with Crippen LogP contribution in [0.15, 0.2) is 0 Å². The van der Waals surface area contributed by atoms with Crippen molar-refractivity contribution in [3.63, 3.8) is 0 Å². The Kier molecular flexibility index (Phi) is 11.2. The Labute approximate surface area is 131 Å². The molecule has 0 aromatic heterocycles. The molecule has 0 radical (unpaired) electrons. The molecule has 0 bridgehead atoms. The molecule has 0 aromatic rings. The van der Waals surface area contributed by atoms with E-state index >= 15 is 0 Å². The number of rotatable bonds is 14. The van der Waals surface area contributed by atoms with Crippen LogP contribution in [0.2, 0.25) is 0 Å². The van der Waals surface area contributed by atoms with Crippen LogP contribution in [0, 0.1) is 0 Å². The fraction of sp³-hybridized carbons (Fsp3) is 1.00. The molecule has 0 saturated carbocycles. The molecule has 0 aliphatic carbocycles. The average molecular weight is 300 g/mol. The summed E-state index contributed by atoms with van der Waals surface area (Å²) in [5.41, 5.74) is 0. The van der Waals surface area contributed by atoms with E-state index in [2.05, 4.69) is 6.92 Å². The van der Waals surface area contributed by atoms with Crippen LogP contribution in [-0.2, 0) is 9.47 Å². The topological polar surface area (TPSA) is 38.7 Å². The standard InChI is InChI=1S/C18H36O3/c1-2-3-4-7-10-13-18(20-16-17-21-18)14-11-8-5-6-9-12-15-19/h19H,2-17H2,1H3. The van der Waals surface area contributed by atoms with E-state index in [1.807, 2.05) is 0 Å². The highest BCUT2D eigenvalue weighted by Crippen LogP contribution is 2.31. The molecule has 1 heterocycles. The van der Waals surface area contributed by atoms with Crippen LogP contribution >= 0.6 is 0 Å². The summed E-state index contributed by atoms with van der Waals surface area (Å²) < 4.78 is 11.9. The number of aliphatic hydroxyl groups is 1. The van der Waals surface area contributed by atoms with Gasteiger partial charge in [-0.15, -0.1) is 0 Å². The van der Waals surface area contributed by atoms with Crippen LogP contribution in [0.4, 0.5) is 0 Å². The molecule has 1 N–H and O–H groups in total. The van der Waals surface area contributed by atoms with Crippen LogP contribution in [0.25, 0.3) is 0 Å². The van der Waals surface area contributed by atoms with Crippen LogP contribution in [0.3, 0.4) is 0 Å². The maximum absolute atomic E-state index is 8.75. The van der Waals surface area contributed by atoms with E-state index in [1.54, 1.807) is 0 Å². The van der Waals surface area contributed by atoms with Crippen molar-refractivity contribution in [2.24, 2.45) is 0 Å². The first-order chi connectivity index (χ1) is 10.3. The summed E-state index contributed by atoms with van der Waals surface area (Å²) in [6.07, 6.45) is 15.7. The fourth-order valence-corrected chi connectivity index (χ4v) is 3.12. The largest absolute Gasteiger partial charge is 0.396 e. The van der Waals surface area contributed by atoms with E-state index in [4.69, 9.17) is 14.6 Å². The van der Waals surface area contributed by atoms with Crippen molar-refractivity contribution in [1.82, 2.24) is 0 Å². The molecule has 0 aromatic carbocycles. The molecular formula is C18H36O3. The van der Waals surface area contributed by atoms with Crippen molar-refractivity contribution in [2.45, 2.75) is 96.2 Å². The highest BCUT2D eigenvalue weighted by atomic mass is 16.7. The summed E-state index contributed by atoms with van der Waals surface area (Å²) >= 11 is 0. The van der Waals surface area contributed by atoms with Crippen molar-refractivity contribution in [3.8, 4) is 0 Å². The second-order valence-electron chi connectivity index (χ2n) is 6.37. The quantitative estimate of drug-likeness (QED) is 0.468. The lowest BCUT2D eigenvalue weighted by Gasteiger charge is -2.27. The van der Waals surface area contributed by atoms with Crippen LogP contribution in [-0.4, -0.2) is 30.7 Å². The predicted molar refractivity (Wildman–Crippen MR) is 87.4 cm³/mol. The maximum atomic E-state index is 8.75. The summed E-state index contributed by atoms with van der Waals surface area (Å²) in [5.74, 6) is -0.253. The summed E-state index contributed by atoms with van der Waals surface area (Å²) in [4.78, 5) is 0. The molecule has 3 nitrogen and oxygen atoms in total. The van der Waals surface area contributed by atoms with Gasteiger partial charge >= 0.3 is 0 Å². The van der Waals surface area contributed by atoms with Crippen molar-refractivity contribution >= 4 is 0 Å². The second-order valence-corrected chi connectivity index (χ2v) is 6.37. The lowest BCUT2D eigenvalue weighted by molar-refractivity contribution is -0.168. The minimum absolute atomic E-state index is 0.253. The fourth-order valence-electron chi connectivity index (χ4n) is 3.12. The Morgan fingerprint density at radius 2 is 1.19 bits per heavy atom. The molecule has 1 aliphatic heterocycles. The first kappa shape index (κ1) is 18.9. The van der Waals surface area contributed by atoms with Gasteiger partial charge in [-0.2, -0.15) is 0 Å². The second kappa shape index (κ2) is 12.4. The van der Waals surface area contributed by atoms with Gasteiger partial charge in [0, 0.05) is 19.4 Å². The van der Waals surface area contributed by atoms with Crippen LogP contribution in [0.5, 0.6) is 0 Å². The Morgan fingerprint density at radius 3 is 1.71 bits per heavy atom. The van der Waals surface area contributed by atoms with Gasteiger partial charge in [0.05, 0.1) is 13.2 Å².